The number of hydrogen-bond acceptors (Lipinski definition) is 4. The molecule has 1 aliphatic carbocycles. The van der Waals surface area contributed by atoms with Crippen LogP contribution in [0.3, 0.4) is 0 Å². The monoisotopic (exact) mass is 543 g/mol. The number of ether oxygens (including phenoxy) is 1. The molecule has 0 unspecified atom stereocenters. The second kappa shape index (κ2) is 10.5. The van der Waals surface area contributed by atoms with Crippen LogP contribution in [0.5, 0.6) is 11.5 Å². The third-order valence-electron chi connectivity index (χ3n) is 5.02. The minimum Gasteiger partial charge on any atom is -0.457 e. The number of para-hydroxylation sites is 1. The van der Waals surface area contributed by atoms with Gasteiger partial charge in [-0.05, 0) is 43.5 Å². The fraction of sp³-hybridized carbons (Fsp3) is 0.409. The summed E-state index contributed by atoms with van der Waals surface area (Å²) in [4.78, 5) is 4.27. The van der Waals surface area contributed by atoms with Gasteiger partial charge >= 0.3 is 0 Å². The highest BCUT2D eigenvalue weighted by Gasteiger charge is 2.45. The van der Waals surface area contributed by atoms with Gasteiger partial charge in [0, 0.05) is 37.4 Å². The van der Waals surface area contributed by atoms with Gasteiger partial charge in [0.05, 0.1) is 5.75 Å². The van der Waals surface area contributed by atoms with E-state index in [4.69, 9.17) is 4.74 Å². The van der Waals surface area contributed by atoms with Crippen LogP contribution in [-0.2, 0) is 16.4 Å². The number of hydrogen-bond donors (Lipinski definition) is 2. The maximum atomic E-state index is 11.6. The SMILES string of the molecule is CN=C(NCc1ccc(C)cc1Oc1ccccc1)NCC1(CS(C)(=O)=O)CC1.I. The van der Waals surface area contributed by atoms with Crippen molar-refractivity contribution in [2.24, 2.45) is 10.4 Å². The van der Waals surface area contributed by atoms with E-state index >= 15 is 0 Å². The maximum absolute atomic E-state index is 11.6. The molecule has 0 radical (unpaired) electrons. The molecule has 2 N–H and O–H groups in total. The Labute approximate surface area is 196 Å². The molecule has 1 aliphatic rings. The van der Waals surface area contributed by atoms with Crippen molar-refractivity contribution in [2.45, 2.75) is 26.3 Å². The molecule has 6 nitrogen and oxygen atoms in total. The molecule has 0 saturated heterocycles. The summed E-state index contributed by atoms with van der Waals surface area (Å²) in [6, 6.07) is 15.8. The molecule has 1 saturated carbocycles. The molecule has 0 aliphatic heterocycles. The van der Waals surface area contributed by atoms with Gasteiger partial charge in [-0.15, -0.1) is 24.0 Å². The summed E-state index contributed by atoms with van der Waals surface area (Å²) in [6.07, 6.45) is 3.15. The van der Waals surface area contributed by atoms with Crippen LogP contribution < -0.4 is 15.4 Å². The molecule has 2 aromatic carbocycles. The maximum Gasteiger partial charge on any atom is 0.191 e. The summed E-state index contributed by atoms with van der Waals surface area (Å²) in [5.74, 6) is 2.46. The Morgan fingerprint density at radius 3 is 2.43 bits per heavy atom. The number of halogens is 1. The molecule has 0 aromatic heterocycles. The number of nitrogens with one attached hydrogen (secondary N) is 2. The molecule has 0 heterocycles. The average molecular weight is 543 g/mol. The topological polar surface area (TPSA) is 79.8 Å². The standard InChI is InChI=1S/C22H29N3O3S.HI/c1-17-9-10-18(20(13-17)28-19-7-5-4-6-8-19)14-24-21(23-2)25-15-22(11-12-22)16-29(3,26)27;/h4-10,13H,11-12,14-16H2,1-3H3,(H2,23,24,25);1H. The van der Waals surface area contributed by atoms with Gasteiger partial charge in [-0.1, -0.05) is 30.3 Å². The first-order valence-corrected chi connectivity index (χ1v) is 11.8. The number of benzene rings is 2. The van der Waals surface area contributed by atoms with E-state index in [9.17, 15) is 8.42 Å². The van der Waals surface area contributed by atoms with E-state index in [0.717, 1.165) is 35.5 Å². The van der Waals surface area contributed by atoms with Gasteiger partial charge in [0.2, 0.25) is 0 Å². The normalized spacial score (nSPS) is 15.1. The summed E-state index contributed by atoms with van der Waals surface area (Å²) in [5, 5.41) is 6.58. The van der Waals surface area contributed by atoms with Crippen LogP contribution >= 0.6 is 24.0 Å². The molecular formula is C22H30IN3O3S. The quantitative estimate of drug-likeness (QED) is 0.300. The first kappa shape index (κ1) is 24.5. The van der Waals surface area contributed by atoms with Gasteiger partial charge in [0.1, 0.15) is 21.3 Å². The third-order valence-corrected chi connectivity index (χ3v) is 6.16. The van der Waals surface area contributed by atoms with E-state index in [2.05, 4.69) is 21.7 Å². The number of aryl methyl sites for hydroxylation is 1. The smallest absolute Gasteiger partial charge is 0.191 e. The molecule has 0 spiro atoms. The Morgan fingerprint density at radius 2 is 1.83 bits per heavy atom. The Hall–Kier alpha value is -1.81. The first-order chi connectivity index (χ1) is 13.8. The molecule has 0 bridgehead atoms. The Balaban J connectivity index is 0.00000320. The Kier molecular flexibility index (Phi) is 8.54. The minimum atomic E-state index is -2.99. The highest BCUT2D eigenvalue weighted by atomic mass is 127. The number of guanidine groups is 1. The van der Waals surface area contributed by atoms with Crippen molar-refractivity contribution >= 4 is 39.8 Å². The van der Waals surface area contributed by atoms with Crippen LogP contribution in [0.25, 0.3) is 0 Å². The van der Waals surface area contributed by atoms with Crippen LogP contribution in [0.4, 0.5) is 0 Å². The van der Waals surface area contributed by atoms with Crippen molar-refractivity contribution in [2.75, 3.05) is 25.6 Å². The number of rotatable bonds is 8. The summed E-state index contributed by atoms with van der Waals surface area (Å²) >= 11 is 0. The van der Waals surface area contributed by atoms with Gasteiger partial charge in [-0.2, -0.15) is 0 Å². The van der Waals surface area contributed by atoms with Crippen molar-refractivity contribution in [3.8, 4) is 11.5 Å². The molecule has 164 valence electrons. The second-order valence-corrected chi connectivity index (χ2v) is 10.0. The second-order valence-electron chi connectivity index (χ2n) is 7.88. The molecule has 3 rings (SSSR count). The average Bonchev–Trinajstić information content (AvgIpc) is 3.42. The zero-order valence-corrected chi connectivity index (χ0v) is 20.8. The van der Waals surface area contributed by atoms with E-state index in [1.165, 1.54) is 6.26 Å². The van der Waals surface area contributed by atoms with E-state index < -0.39 is 9.84 Å². The Bertz CT molecular complexity index is 974. The number of sulfone groups is 1. The van der Waals surface area contributed by atoms with Crippen molar-refractivity contribution in [3.05, 3.63) is 59.7 Å². The lowest BCUT2D eigenvalue weighted by molar-refractivity contribution is 0.474. The van der Waals surface area contributed by atoms with Crippen LogP contribution in [0.2, 0.25) is 0 Å². The van der Waals surface area contributed by atoms with Crippen molar-refractivity contribution in [1.82, 2.24) is 10.6 Å². The van der Waals surface area contributed by atoms with E-state index in [1.54, 1.807) is 7.05 Å². The van der Waals surface area contributed by atoms with Crippen molar-refractivity contribution in [1.29, 1.82) is 0 Å². The van der Waals surface area contributed by atoms with E-state index in [1.807, 2.05) is 49.4 Å². The zero-order chi connectivity index (χ0) is 20.9. The first-order valence-electron chi connectivity index (χ1n) is 9.73. The van der Waals surface area contributed by atoms with Crippen molar-refractivity contribution in [3.63, 3.8) is 0 Å². The third kappa shape index (κ3) is 7.46. The molecular weight excluding hydrogens is 513 g/mol. The lowest BCUT2D eigenvalue weighted by atomic mass is 10.1. The van der Waals surface area contributed by atoms with E-state index in [0.29, 0.717) is 19.0 Å². The fourth-order valence-corrected chi connectivity index (χ4v) is 4.80. The van der Waals surface area contributed by atoms with Crippen LogP contribution in [0, 0.1) is 12.3 Å². The minimum absolute atomic E-state index is 0. The summed E-state index contributed by atoms with van der Waals surface area (Å²) < 4.78 is 29.3. The van der Waals surface area contributed by atoms with Crippen molar-refractivity contribution < 1.29 is 13.2 Å². The predicted molar refractivity (Wildman–Crippen MR) is 133 cm³/mol. The zero-order valence-electron chi connectivity index (χ0n) is 17.6. The predicted octanol–water partition coefficient (Wildman–Crippen LogP) is 3.90. The highest BCUT2D eigenvalue weighted by molar-refractivity contribution is 14.0. The summed E-state index contributed by atoms with van der Waals surface area (Å²) in [7, 11) is -1.28. The van der Waals surface area contributed by atoms with Gasteiger partial charge in [-0.3, -0.25) is 4.99 Å². The van der Waals surface area contributed by atoms with Gasteiger partial charge in [0.25, 0.3) is 0 Å². The van der Waals surface area contributed by atoms with E-state index in [-0.39, 0.29) is 35.1 Å². The number of aliphatic imine (C=N–C) groups is 1. The molecule has 0 atom stereocenters. The lowest BCUT2D eigenvalue weighted by Gasteiger charge is -2.18. The van der Waals surface area contributed by atoms with Gasteiger partial charge < -0.3 is 15.4 Å². The molecule has 30 heavy (non-hydrogen) atoms. The molecule has 8 heteroatoms. The Morgan fingerprint density at radius 1 is 1.13 bits per heavy atom. The molecule has 0 amide bonds. The highest BCUT2D eigenvalue weighted by Crippen LogP contribution is 2.46. The molecule has 1 fully saturated rings. The largest absolute Gasteiger partial charge is 0.457 e. The fourth-order valence-electron chi connectivity index (χ4n) is 3.29. The van der Waals surface area contributed by atoms with Crippen LogP contribution in [0.1, 0.15) is 24.0 Å². The van der Waals surface area contributed by atoms with Gasteiger partial charge in [-0.25, -0.2) is 8.42 Å². The summed E-state index contributed by atoms with van der Waals surface area (Å²) in [5.41, 5.74) is 1.98. The number of nitrogens with zero attached hydrogens (tertiary/aromatic N) is 1. The van der Waals surface area contributed by atoms with Gasteiger partial charge in [0.15, 0.2) is 5.96 Å². The van der Waals surface area contributed by atoms with Crippen LogP contribution in [-0.4, -0.2) is 40.0 Å². The molecule has 2 aromatic rings. The lowest BCUT2D eigenvalue weighted by Crippen LogP contribution is -2.41. The summed E-state index contributed by atoms with van der Waals surface area (Å²) in [6.45, 7) is 3.18. The van der Waals surface area contributed by atoms with Crippen LogP contribution in [0.15, 0.2) is 53.5 Å².